The van der Waals surface area contributed by atoms with Crippen LogP contribution in [0.2, 0.25) is 0 Å². The molecule has 16 heteroatoms. The Bertz CT molecular complexity index is 1170. The Morgan fingerprint density at radius 2 is 1.26 bits per heavy atom. The van der Waals surface area contributed by atoms with Crippen molar-refractivity contribution in [3.63, 3.8) is 0 Å². The van der Waals surface area contributed by atoms with Gasteiger partial charge in [0, 0.05) is 0 Å². The summed E-state index contributed by atoms with van der Waals surface area (Å²) in [5.41, 5.74) is -0.996. The number of hydrogen-bond donors (Lipinski definition) is 8. The normalized spacial score (nSPS) is 13.0. The number of anilines is 1. The molecule has 0 fully saturated rings. The summed E-state index contributed by atoms with van der Waals surface area (Å²) in [6.07, 6.45) is 0.473. The van der Waals surface area contributed by atoms with E-state index in [1.165, 1.54) is 11.4 Å². The summed E-state index contributed by atoms with van der Waals surface area (Å²) in [4.78, 5) is 60.7. The molecule has 2 aromatic rings. The van der Waals surface area contributed by atoms with Crippen LogP contribution in [0.5, 0.6) is 11.5 Å². The van der Waals surface area contributed by atoms with Crippen LogP contribution in [0.3, 0.4) is 0 Å². The molecule has 2 aromatic carbocycles. The number of aromatic hydroxyl groups is 2. The van der Waals surface area contributed by atoms with E-state index in [0.29, 0.717) is 6.42 Å². The summed E-state index contributed by atoms with van der Waals surface area (Å²) in [7, 11) is -10.8. The zero-order chi connectivity index (χ0) is 27.3. The first-order valence-electron chi connectivity index (χ1n) is 11.0. The molecule has 2 rings (SSSR count). The number of phenols is 2. The van der Waals surface area contributed by atoms with E-state index in [9.17, 15) is 28.9 Å². The molecule has 8 N–H and O–H groups in total. The van der Waals surface area contributed by atoms with Crippen LogP contribution < -0.4 is 10.6 Å². The Labute approximate surface area is 264 Å². The minimum absolute atomic E-state index is 0. The molecular formula is C22H32N2Na2O10P2. The van der Waals surface area contributed by atoms with Crippen LogP contribution >= 0.6 is 15.2 Å². The third kappa shape index (κ3) is 10.7. The van der Waals surface area contributed by atoms with Gasteiger partial charge in [-0.05, 0) is 60.1 Å². The number of benzene rings is 2. The van der Waals surface area contributed by atoms with Crippen LogP contribution in [0.1, 0.15) is 56.1 Å². The Hall–Kier alpha value is -0.720. The van der Waals surface area contributed by atoms with E-state index >= 15 is 0 Å². The second kappa shape index (κ2) is 15.9. The maximum absolute atomic E-state index is 12.4. The summed E-state index contributed by atoms with van der Waals surface area (Å²) in [6.45, 7) is 4.01. The Kier molecular flexibility index (Phi) is 15.6. The molecule has 2 amide bonds. The van der Waals surface area contributed by atoms with E-state index in [1.54, 1.807) is 24.3 Å². The van der Waals surface area contributed by atoms with Crippen molar-refractivity contribution in [2.75, 3.05) is 5.32 Å². The average Bonchev–Trinajstić information content (AvgIpc) is 2.76. The van der Waals surface area contributed by atoms with Crippen LogP contribution in [0.25, 0.3) is 0 Å². The van der Waals surface area contributed by atoms with Gasteiger partial charge in [-0.25, -0.2) is 0 Å². The number of carbonyl (C=O) groups excluding carboxylic acids is 2. The van der Waals surface area contributed by atoms with E-state index in [1.807, 2.05) is 26.0 Å². The fourth-order valence-corrected chi connectivity index (χ4v) is 6.20. The number of rotatable bonds is 11. The molecule has 0 heterocycles. The average molecular weight is 592 g/mol. The monoisotopic (exact) mass is 592 g/mol. The molecule has 0 bridgehead atoms. The third-order valence-corrected chi connectivity index (χ3v) is 9.00. The predicted molar refractivity (Wildman–Crippen MR) is 146 cm³/mol. The van der Waals surface area contributed by atoms with Gasteiger partial charge in [0.2, 0.25) is 17.3 Å². The topological polar surface area (TPSA) is 214 Å². The standard InChI is InChI=1S/C22H30N2O10P2.2Na.2H/c1-3-16(13-5-8-15(25)9-6-13)17(4-2)14-7-10-19(26)18(11-14)23-20(27)12-21(28)24-22(35(29,30)31)36(32,33)34;;;;/h5-11,16-17,22,25-26H,3-4,12H2,1-2H3,(H,23,27)(H,24,28)(H2,29,30,31)(H2,32,33,34);;;;. The first kappa shape index (κ1) is 37.3. The zero-order valence-corrected chi connectivity index (χ0v) is 21.4. The van der Waals surface area contributed by atoms with Crippen LogP contribution in [0, 0.1) is 0 Å². The van der Waals surface area contributed by atoms with Crippen molar-refractivity contribution in [2.45, 2.75) is 50.5 Å². The quantitative estimate of drug-likeness (QED) is 0.0816. The molecule has 0 spiro atoms. The van der Waals surface area contributed by atoms with E-state index in [2.05, 4.69) is 5.32 Å². The number of phenolic OH excluding ortho intramolecular Hbond substituents is 2. The van der Waals surface area contributed by atoms with Gasteiger partial charge >= 0.3 is 74.3 Å². The van der Waals surface area contributed by atoms with Gasteiger partial charge in [0.15, 0.2) is 0 Å². The minimum atomic E-state index is -5.41. The molecule has 38 heavy (non-hydrogen) atoms. The maximum atomic E-state index is 12.4. The molecule has 0 aliphatic carbocycles. The SMILES string of the molecule is CCC(c1ccc(O)cc1)C(CC)c1ccc(O)c(NC(=O)CC(=O)NC(P(=O)(O)O)P(=O)(O)O)c1.[NaH].[NaH]. The third-order valence-electron chi connectivity index (χ3n) is 5.66. The van der Waals surface area contributed by atoms with E-state index < -0.39 is 39.0 Å². The van der Waals surface area contributed by atoms with Gasteiger partial charge in [-0.3, -0.25) is 18.7 Å². The first-order chi connectivity index (χ1) is 16.7. The van der Waals surface area contributed by atoms with Crippen molar-refractivity contribution in [2.24, 2.45) is 0 Å². The molecule has 0 aromatic heterocycles. The van der Waals surface area contributed by atoms with E-state index in [0.717, 1.165) is 17.5 Å². The molecule has 0 radical (unpaired) electrons. The van der Waals surface area contributed by atoms with Crippen molar-refractivity contribution in [1.82, 2.24) is 5.32 Å². The molecule has 0 saturated carbocycles. The molecule has 0 saturated heterocycles. The van der Waals surface area contributed by atoms with Crippen molar-refractivity contribution < 1.29 is 48.5 Å². The predicted octanol–water partition coefficient (Wildman–Crippen LogP) is 1.57. The number of amides is 2. The fraction of sp³-hybridized carbons (Fsp3) is 0.364. The summed E-state index contributed by atoms with van der Waals surface area (Å²) < 4.78 is 22.6. The Morgan fingerprint density at radius 1 is 0.789 bits per heavy atom. The van der Waals surface area contributed by atoms with Gasteiger partial charge in [0.1, 0.15) is 17.9 Å². The van der Waals surface area contributed by atoms with E-state index in [-0.39, 0.29) is 88.1 Å². The Morgan fingerprint density at radius 3 is 1.74 bits per heavy atom. The summed E-state index contributed by atoms with van der Waals surface area (Å²) in [5.74, 6) is -2.41. The molecule has 202 valence electrons. The molecule has 12 nitrogen and oxygen atoms in total. The zero-order valence-electron chi connectivity index (χ0n) is 19.6. The van der Waals surface area contributed by atoms with Crippen LogP contribution in [0.15, 0.2) is 42.5 Å². The van der Waals surface area contributed by atoms with Crippen molar-refractivity contribution in [3.8, 4) is 11.5 Å². The number of carbonyl (C=O) groups is 2. The fourth-order valence-electron chi connectivity index (χ4n) is 4.01. The second-order valence-corrected chi connectivity index (χ2v) is 12.0. The second-order valence-electron chi connectivity index (χ2n) is 8.24. The van der Waals surface area contributed by atoms with Gasteiger partial charge in [-0.15, -0.1) is 0 Å². The first-order valence-corrected chi connectivity index (χ1v) is 14.3. The number of nitrogens with one attached hydrogen (secondary N) is 2. The summed E-state index contributed by atoms with van der Waals surface area (Å²) in [5, 5.41) is 23.7. The van der Waals surface area contributed by atoms with Crippen molar-refractivity contribution in [3.05, 3.63) is 53.6 Å². The van der Waals surface area contributed by atoms with Gasteiger partial charge in [-0.1, -0.05) is 32.0 Å². The molecular weight excluding hydrogens is 560 g/mol. The molecule has 0 aliphatic rings. The molecule has 0 aliphatic heterocycles. The summed E-state index contributed by atoms with van der Waals surface area (Å²) >= 11 is 0. The van der Waals surface area contributed by atoms with Gasteiger partial charge < -0.3 is 40.4 Å². The van der Waals surface area contributed by atoms with Crippen LogP contribution in [-0.4, -0.2) is 106 Å². The van der Waals surface area contributed by atoms with Crippen LogP contribution in [-0.2, 0) is 18.7 Å². The Balaban J connectivity index is 0.00000684. The van der Waals surface area contributed by atoms with Crippen molar-refractivity contribution >= 4 is 91.8 Å². The van der Waals surface area contributed by atoms with E-state index in [4.69, 9.17) is 19.6 Å². The van der Waals surface area contributed by atoms with Gasteiger partial charge in [0.25, 0.3) is 0 Å². The summed E-state index contributed by atoms with van der Waals surface area (Å²) in [6, 6.07) is 11.5. The van der Waals surface area contributed by atoms with Crippen LogP contribution in [0.4, 0.5) is 5.69 Å². The van der Waals surface area contributed by atoms with Gasteiger partial charge in [0.05, 0.1) is 5.69 Å². The molecule has 2 unspecified atom stereocenters. The number of hydrogen-bond acceptors (Lipinski definition) is 6. The van der Waals surface area contributed by atoms with Crippen molar-refractivity contribution in [1.29, 1.82) is 0 Å². The van der Waals surface area contributed by atoms with Gasteiger partial charge in [-0.2, -0.15) is 0 Å². The molecule has 2 atom stereocenters.